The zero-order valence-corrected chi connectivity index (χ0v) is 56.8. The molecule has 0 unspecified atom stereocenters. The predicted molar refractivity (Wildman–Crippen MR) is 348 cm³/mol. The third-order valence-corrected chi connectivity index (χ3v) is 15.8. The van der Waals surface area contributed by atoms with Gasteiger partial charge in [-0.05, 0) is 59.9 Å². The van der Waals surface area contributed by atoms with Crippen molar-refractivity contribution in [2.75, 3.05) is 20.5 Å². The third-order valence-electron chi connectivity index (χ3n) is 11.8. The summed E-state index contributed by atoms with van der Waals surface area (Å²) in [5, 5.41) is 21.2. The van der Waals surface area contributed by atoms with Crippen molar-refractivity contribution in [1.82, 2.24) is 19.9 Å². The Morgan fingerprint density at radius 3 is 1.28 bits per heavy atom. The van der Waals surface area contributed by atoms with Gasteiger partial charge < -0.3 is 38.6 Å². The fourth-order valence-electron chi connectivity index (χ4n) is 8.31. The van der Waals surface area contributed by atoms with Crippen LogP contribution in [0.5, 0.6) is 0 Å². The fraction of sp³-hybridized carbons (Fsp3) is 0.147. The summed E-state index contributed by atoms with van der Waals surface area (Å²) >= 11 is 0. The molecule has 0 saturated carbocycles. The smallest absolute Gasteiger partial charge is 0.139 e. The van der Waals surface area contributed by atoms with E-state index in [2.05, 4.69) is 134 Å². The van der Waals surface area contributed by atoms with Crippen molar-refractivity contribution in [3.05, 3.63) is 231 Å². The van der Waals surface area contributed by atoms with E-state index < -0.39 is 26.3 Å². The first-order valence-corrected chi connectivity index (χ1v) is 34.8. The van der Waals surface area contributed by atoms with Crippen LogP contribution in [0.2, 0.25) is 39.3 Å². The topological polar surface area (TPSA) is 175 Å². The Kier molecular flexibility index (Phi) is 31.7. The maximum atomic E-state index is 9.08. The Labute approximate surface area is 532 Å². The zero-order chi connectivity index (χ0) is 59.7. The van der Waals surface area contributed by atoms with Gasteiger partial charge in [-0.3, -0.25) is 4.98 Å². The Bertz CT molecular complexity index is 3710. The van der Waals surface area contributed by atoms with Gasteiger partial charge in [0.2, 0.25) is 0 Å². The number of nitrogens with zero attached hydrogens (tertiary/aromatic N) is 4. The van der Waals surface area contributed by atoms with Gasteiger partial charge in [-0.2, -0.15) is 0 Å². The molecule has 12 rings (SSSR count). The molecule has 85 heavy (non-hydrogen) atoms. The number of hydrogen-bond donors (Lipinski definition) is 2. The largest absolute Gasteiger partial charge is 0.748 e. The molecule has 0 aliphatic rings. The first-order chi connectivity index (χ1) is 39.4. The second-order valence-corrected chi connectivity index (χ2v) is 31.3. The Balaban J connectivity index is 0.000000371. The molecule has 0 saturated heterocycles. The summed E-state index contributed by atoms with van der Waals surface area (Å²) in [5.74, 6) is 2.25. The molecule has 6 aromatic carbocycles. The van der Waals surface area contributed by atoms with E-state index >= 15 is 0 Å². The van der Waals surface area contributed by atoms with E-state index in [1.165, 1.54) is 15.9 Å². The van der Waals surface area contributed by atoms with Crippen molar-refractivity contribution in [3.63, 3.8) is 0 Å². The van der Waals surface area contributed by atoms with Gasteiger partial charge in [-0.25, -0.2) is 8.42 Å². The molecule has 441 valence electrons. The van der Waals surface area contributed by atoms with Crippen LogP contribution in [-0.4, -0.2) is 88.2 Å². The number of fused-ring (bicyclic) bond motifs is 6. The van der Waals surface area contributed by atoms with Crippen LogP contribution in [0.1, 0.15) is 6.92 Å². The second kappa shape index (κ2) is 36.5. The van der Waals surface area contributed by atoms with E-state index in [9.17, 15) is 0 Å². The third kappa shape index (κ3) is 22.3. The van der Waals surface area contributed by atoms with E-state index in [0.717, 1.165) is 97.6 Å². The molecule has 12 aromatic rings. The van der Waals surface area contributed by atoms with Crippen LogP contribution >= 0.6 is 0 Å². The number of aliphatic hydroxyl groups is 2. The number of aromatic nitrogens is 4. The first-order valence-electron chi connectivity index (χ1n) is 26.0. The number of aliphatic hydroxyl groups excluding tert-OH is 2. The SMILES string of the molecule is C#CC.CO.CO.CS(=O)(=O)[O-].C[Si](C)(C)c1ccc[c-]c1-c1cc2oc3ccccc3c2cn1.C[Si](C)(C)c1ccccc1-c1cc2oc3ccccc3c2cn1.[B].[Ir].[Ir].[c-]1ccccc1-c1ccccn1.[c-]1ccccc1-c1ccccn1. The van der Waals surface area contributed by atoms with Crippen molar-refractivity contribution in [2.45, 2.75) is 46.2 Å². The Morgan fingerprint density at radius 2 is 0.859 bits per heavy atom. The number of benzene rings is 6. The summed E-state index contributed by atoms with van der Waals surface area (Å²) in [7, 11) is -4.81. The van der Waals surface area contributed by atoms with E-state index in [1.807, 2.05) is 146 Å². The summed E-state index contributed by atoms with van der Waals surface area (Å²) in [6.07, 6.45) is 12.6. The fourth-order valence-corrected chi connectivity index (χ4v) is 11.5. The van der Waals surface area contributed by atoms with Crippen LogP contribution in [0.25, 0.3) is 88.9 Å². The molecule has 0 spiro atoms. The maximum Gasteiger partial charge on any atom is 0.139 e. The normalized spacial score (nSPS) is 10.2. The van der Waals surface area contributed by atoms with Crippen molar-refractivity contribution >= 4 is 88.9 Å². The Morgan fingerprint density at radius 1 is 0.482 bits per heavy atom. The molecule has 0 atom stereocenters. The zero-order valence-electron chi connectivity index (χ0n) is 49.2. The quantitative estimate of drug-likeness (QED) is 0.0701. The van der Waals surface area contributed by atoms with Gasteiger partial charge in [-0.1, -0.05) is 129 Å². The molecule has 0 fully saturated rings. The molecule has 6 heterocycles. The van der Waals surface area contributed by atoms with Crippen LogP contribution in [0.4, 0.5) is 0 Å². The molecule has 0 aliphatic carbocycles. The number of hydrogen-bond acceptors (Lipinski definition) is 11. The van der Waals surface area contributed by atoms with Gasteiger partial charge in [0.25, 0.3) is 0 Å². The van der Waals surface area contributed by atoms with Crippen LogP contribution in [0.15, 0.2) is 222 Å². The van der Waals surface area contributed by atoms with Gasteiger partial charge in [-0.15, -0.1) is 119 Å². The molecule has 0 aliphatic heterocycles. The van der Waals surface area contributed by atoms with Crippen LogP contribution < -0.4 is 10.4 Å². The molecular formula is C68H68BIr2N4O7SSi2-4. The number of rotatable bonds is 6. The summed E-state index contributed by atoms with van der Waals surface area (Å²) in [5.41, 5.74) is 11.9. The van der Waals surface area contributed by atoms with Gasteiger partial charge in [0.15, 0.2) is 0 Å². The monoisotopic (exact) mass is 1540 g/mol. The van der Waals surface area contributed by atoms with Crippen LogP contribution in [0, 0.1) is 30.5 Å². The minimum absolute atomic E-state index is 0. The average molecular weight is 1540 g/mol. The number of para-hydroxylation sites is 2. The van der Waals surface area contributed by atoms with Gasteiger partial charge in [0, 0.05) is 130 Å². The average Bonchev–Trinajstić information content (AvgIpc) is 2.98. The van der Waals surface area contributed by atoms with Gasteiger partial charge >= 0.3 is 0 Å². The van der Waals surface area contributed by atoms with Gasteiger partial charge in [0.1, 0.15) is 22.3 Å². The minimum Gasteiger partial charge on any atom is -0.748 e. The molecule has 2 N–H and O–H groups in total. The predicted octanol–water partition coefficient (Wildman–Crippen LogP) is 13.9. The molecule has 5 radical (unpaired) electrons. The van der Waals surface area contributed by atoms with Gasteiger partial charge in [0.05, 0.1) is 23.9 Å². The number of terminal acetylenes is 1. The van der Waals surface area contributed by atoms with Crippen molar-refractivity contribution in [1.29, 1.82) is 0 Å². The standard InChI is InChI=1S/C20H19NOSi.C20H18NOSi.2C11H8N.C3H4.CH4O3S.2CH4O.B.2Ir/c2*1-23(2,3)20-11-7-5-9-15(20)17-12-19-16(13-21-17)14-8-4-6-10-18(14)22-19;2*1-2-6-10(7-3-1)11-8-4-5-9-12-11;1-3-2;1-5(2,3)4;2*1-2;;;/h4-13H,1-3H3;4-8,10-13H,1-3H3;2*1-6,8-9H;1H,2H3;1H3,(H,2,3,4);2*2H,1H3;;;/q;3*-1;;;;;;;/p-1. The van der Waals surface area contributed by atoms with E-state index in [4.69, 9.17) is 42.0 Å². The Hall–Kier alpha value is -7.29. The summed E-state index contributed by atoms with van der Waals surface area (Å²) < 4.78 is 39.2. The summed E-state index contributed by atoms with van der Waals surface area (Å²) in [4.78, 5) is 17.9. The molecule has 11 nitrogen and oxygen atoms in total. The summed E-state index contributed by atoms with van der Waals surface area (Å²) in [6.45, 7) is 15.8. The second-order valence-electron chi connectivity index (χ2n) is 19.8. The van der Waals surface area contributed by atoms with Crippen molar-refractivity contribution in [3.8, 4) is 57.4 Å². The summed E-state index contributed by atoms with van der Waals surface area (Å²) in [6, 6.07) is 72.2. The van der Waals surface area contributed by atoms with Crippen molar-refractivity contribution in [2.24, 2.45) is 0 Å². The molecule has 0 amide bonds. The molecule has 0 bridgehead atoms. The minimum atomic E-state index is -3.92. The van der Waals surface area contributed by atoms with E-state index in [-0.39, 0.29) is 48.6 Å². The van der Waals surface area contributed by atoms with E-state index in [0.29, 0.717) is 6.26 Å². The molecule has 17 heteroatoms. The maximum absolute atomic E-state index is 9.08. The number of furan rings is 2. The van der Waals surface area contributed by atoms with Crippen molar-refractivity contribution < 1.29 is 72.2 Å². The number of pyridine rings is 4. The van der Waals surface area contributed by atoms with Crippen LogP contribution in [0.3, 0.4) is 0 Å². The van der Waals surface area contributed by atoms with E-state index in [1.54, 1.807) is 19.3 Å². The molecule has 6 aromatic heterocycles. The first kappa shape index (κ1) is 73.8. The molecular weight excluding hydrogens is 1470 g/mol. The van der Waals surface area contributed by atoms with Crippen LogP contribution in [-0.2, 0) is 50.3 Å².